The van der Waals surface area contributed by atoms with E-state index in [0.29, 0.717) is 16.7 Å². The number of amides is 1. The van der Waals surface area contributed by atoms with E-state index in [4.69, 9.17) is 24.1 Å². The van der Waals surface area contributed by atoms with Crippen molar-refractivity contribution in [3.05, 3.63) is 72.2 Å². The number of aliphatic hydroxyl groups excluding tert-OH is 1. The number of alkyl halides is 2. The molecule has 0 aliphatic rings. The molecule has 204 valence electrons. The fraction of sp³-hybridized carbons (Fsp3) is 0.192. The van der Waals surface area contributed by atoms with Crippen molar-refractivity contribution in [3.8, 4) is 28.7 Å². The third kappa shape index (κ3) is 6.44. The van der Waals surface area contributed by atoms with Crippen LogP contribution in [0.4, 0.5) is 23.2 Å². The molecule has 0 bridgehead atoms. The molecule has 0 saturated carbocycles. The number of pyridine rings is 2. The molecule has 9 nitrogen and oxygen atoms in total. The van der Waals surface area contributed by atoms with Crippen molar-refractivity contribution in [2.24, 2.45) is 0 Å². The number of rotatable bonds is 11. The Bertz CT molecular complexity index is 1460. The Balaban J connectivity index is 1.59. The third-order valence-electron chi connectivity index (χ3n) is 5.19. The second-order valence-electron chi connectivity index (χ2n) is 7.80. The Morgan fingerprint density at radius 1 is 1.00 bits per heavy atom. The lowest BCUT2D eigenvalue weighted by atomic mass is 10.1. The standard InChI is InChI=1S/C26H21F4N3O6/c1-36-22-11-19-15(10-23(22)37-7-6-34)21(3-5-32-19)39-25-17(27)8-14(9-18(25)28)33-26(35)16-12-31-4-2-20(16)38-13-24(29)30/h2-5,8-12,24,34H,6-7,13H2,1H3,(H,33,35). The number of aromatic nitrogens is 2. The highest BCUT2D eigenvalue weighted by Gasteiger charge is 2.20. The number of nitrogens with zero attached hydrogens (tertiary/aromatic N) is 2. The van der Waals surface area contributed by atoms with Gasteiger partial charge in [-0.3, -0.25) is 14.8 Å². The Kier molecular flexibility index (Phi) is 8.61. The summed E-state index contributed by atoms with van der Waals surface area (Å²) in [6.07, 6.45) is 0.910. The fourth-order valence-corrected chi connectivity index (χ4v) is 3.51. The number of anilines is 1. The molecule has 4 aromatic rings. The summed E-state index contributed by atoms with van der Waals surface area (Å²) in [5.74, 6) is -3.46. The molecule has 4 rings (SSSR count). The summed E-state index contributed by atoms with van der Waals surface area (Å²) in [6, 6.07) is 7.30. The molecule has 0 saturated heterocycles. The summed E-state index contributed by atoms with van der Waals surface area (Å²) < 4.78 is 76.2. The number of hydrogen-bond acceptors (Lipinski definition) is 8. The summed E-state index contributed by atoms with van der Waals surface area (Å²) in [7, 11) is 1.42. The van der Waals surface area contributed by atoms with Crippen LogP contribution in [0.1, 0.15) is 10.4 Å². The van der Waals surface area contributed by atoms with Crippen LogP contribution < -0.4 is 24.3 Å². The van der Waals surface area contributed by atoms with Crippen molar-refractivity contribution in [2.45, 2.75) is 6.43 Å². The maximum Gasteiger partial charge on any atom is 0.272 e. The number of carbonyl (C=O) groups is 1. The molecule has 39 heavy (non-hydrogen) atoms. The van der Waals surface area contributed by atoms with Crippen molar-refractivity contribution < 1.29 is 46.4 Å². The molecule has 0 spiro atoms. The van der Waals surface area contributed by atoms with Gasteiger partial charge in [0.25, 0.3) is 12.3 Å². The maximum atomic E-state index is 15.0. The number of halogens is 4. The quantitative estimate of drug-likeness (QED) is 0.253. The Morgan fingerprint density at radius 3 is 2.44 bits per heavy atom. The van der Waals surface area contributed by atoms with Gasteiger partial charge in [0.1, 0.15) is 24.7 Å². The number of carbonyl (C=O) groups excluding carboxylic acids is 1. The molecule has 0 aliphatic heterocycles. The van der Waals surface area contributed by atoms with Crippen molar-refractivity contribution in [2.75, 3.05) is 32.2 Å². The number of fused-ring (bicyclic) bond motifs is 1. The smallest absolute Gasteiger partial charge is 0.272 e. The van der Waals surface area contributed by atoms with Crippen LogP contribution in [0.25, 0.3) is 10.9 Å². The lowest BCUT2D eigenvalue weighted by Gasteiger charge is -2.15. The van der Waals surface area contributed by atoms with Gasteiger partial charge in [0.2, 0.25) is 0 Å². The van der Waals surface area contributed by atoms with Gasteiger partial charge in [-0.05, 0) is 18.2 Å². The van der Waals surface area contributed by atoms with E-state index < -0.39 is 36.3 Å². The first-order chi connectivity index (χ1) is 18.8. The predicted molar refractivity (Wildman–Crippen MR) is 131 cm³/mol. The zero-order valence-electron chi connectivity index (χ0n) is 20.3. The van der Waals surface area contributed by atoms with Crippen molar-refractivity contribution in [3.63, 3.8) is 0 Å². The first-order valence-corrected chi connectivity index (χ1v) is 11.3. The fourth-order valence-electron chi connectivity index (χ4n) is 3.51. The lowest BCUT2D eigenvalue weighted by Crippen LogP contribution is -2.16. The van der Waals surface area contributed by atoms with Gasteiger partial charge in [0.05, 0.1) is 24.8 Å². The molecule has 2 aromatic heterocycles. The van der Waals surface area contributed by atoms with Gasteiger partial charge in [-0.2, -0.15) is 0 Å². The number of aliphatic hydroxyl groups is 1. The van der Waals surface area contributed by atoms with E-state index in [0.717, 1.165) is 18.3 Å². The molecule has 0 fully saturated rings. The van der Waals surface area contributed by atoms with Crippen molar-refractivity contribution >= 4 is 22.5 Å². The summed E-state index contributed by atoms with van der Waals surface area (Å²) in [6.45, 7) is -1.22. The lowest BCUT2D eigenvalue weighted by molar-refractivity contribution is 0.0802. The third-order valence-corrected chi connectivity index (χ3v) is 5.19. The number of ether oxygens (including phenoxy) is 4. The van der Waals surface area contributed by atoms with Gasteiger partial charge < -0.3 is 29.4 Å². The van der Waals surface area contributed by atoms with Gasteiger partial charge in [0, 0.05) is 47.9 Å². The Morgan fingerprint density at radius 2 is 1.74 bits per heavy atom. The second kappa shape index (κ2) is 12.3. The van der Waals surface area contributed by atoms with Crippen molar-refractivity contribution in [1.29, 1.82) is 0 Å². The molecule has 0 atom stereocenters. The highest BCUT2D eigenvalue weighted by molar-refractivity contribution is 6.06. The molecular formula is C26H21F4N3O6. The van der Waals surface area contributed by atoms with Crippen LogP contribution in [0, 0.1) is 11.6 Å². The van der Waals surface area contributed by atoms with Gasteiger partial charge in [-0.1, -0.05) is 0 Å². The number of methoxy groups -OCH3 is 1. The van der Waals surface area contributed by atoms with E-state index in [-0.39, 0.29) is 41.7 Å². The van der Waals surface area contributed by atoms with Gasteiger partial charge in [-0.25, -0.2) is 17.6 Å². The molecule has 1 amide bonds. The second-order valence-corrected chi connectivity index (χ2v) is 7.80. The van der Waals surface area contributed by atoms with Crippen LogP contribution in [0.5, 0.6) is 28.7 Å². The topological polar surface area (TPSA) is 112 Å². The summed E-state index contributed by atoms with van der Waals surface area (Å²) in [4.78, 5) is 20.6. The normalized spacial score (nSPS) is 10.9. The Hall–Kier alpha value is -4.65. The number of nitrogens with one attached hydrogen (secondary N) is 1. The molecule has 0 unspecified atom stereocenters. The largest absolute Gasteiger partial charge is 0.493 e. The predicted octanol–water partition coefficient (Wildman–Crippen LogP) is 4.98. The highest BCUT2D eigenvalue weighted by Crippen LogP contribution is 2.38. The molecule has 0 radical (unpaired) electrons. The molecular weight excluding hydrogens is 526 g/mol. The van der Waals surface area contributed by atoms with Gasteiger partial charge in [0.15, 0.2) is 28.9 Å². The van der Waals surface area contributed by atoms with Gasteiger partial charge >= 0.3 is 0 Å². The first-order valence-electron chi connectivity index (χ1n) is 11.3. The maximum absolute atomic E-state index is 15.0. The minimum absolute atomic E-state index is 0.0202. The molecule has 2 aromatic carbocycles. The van der Waals surface area contributed by atoms with Gasteiger partial charge in [-0.15, -0.1) is 0 Å². The number of benzene rings is 2. The van der Waals surface area contributed by atoms with E-state index >= 15 is 0 Å². The highest BCUT2D eigenvalue weighted by atomic mass is 19.3. The minimum Gasteiger partial charge on any atom is -0.493 e. The van der Waals surface area contributed by atoms with Crippen LogP contribution in [0.15, 0.2) is 55.0 Å². The SMILES string of the molecule is COc1cc2nccc(Oc3c(F)cc(NC(=O)c4cnccc4OCC(F)F)cc3F)c2cc1OCCO. The van der Waals surface area contributed by atoms with E-state index in [1.807, 2.05) is 0 Å². The van der Waals surface area contributed by atoms with Crippen LogP contribution in [0.2, 0.25) is 0 Å². The van der Waals surface area contributed by atoms with Crippen LogP contribution >= 0.6 is 0 Å². The Labute approximate surface area is 218 Å². The average Bonchev–Trinajstić information content (AvgIpc) is 2.92. The van der Waals surface area contributed by atoms with E-state index in [1.54, 1.807) is 0 Å². The van der Waals surface area contributed by atoms with E-state index in [2.05, 4.69) is 15.3 Å². The van der Waals surface area contributed by atoms with Crippen LogP contribution in [-0.2, 0) is 0 Å². The zero-order chi connectivity index (χ0) is 27.9. The summed E-state index contributed by atoms with van der Waals surface area (Å²) >= 11 is 0. The van der Waals surface area contributed by atoms with Crippen molar-refractivity contribution in [1.82, 2.24) is 9.97 Å². The molecule has 2 N–H and O–H groups in total. The zero-order valence-corrected chi connectivity index (χ0v) is 20.3. The monoisotopic (exact) mass is 547 g/mol. The summed E-state index contributed by atoms with van der Waals surface area (Å²) in [5.41, 5.74) is -0.0982. The molecule has 0 aliphatic carbocycles. The van der Waals surface area contributed by atoms with E-state index in [9.17, 15) is 22.4 Å². The van der Waals surface area contributed by atoms with E-state index in [1.165, 1.54) is 43.8 Å². The summed E-state index contributed by atoms with van der Waals surface area (Å²) in [5, 5.41) is 11.7. The minimum atomic E-state index is -2.77. The number of hydrogen-bond donors (Lipinski definition) is 2. The first kappa shape index (κ1) is 27.4. The molecule has 2 heterocycles. The molecule has 13 heteroatoms. The van der Waals surface area contributed by atoms with Crippen LogP contribution in [-0.4, -0.2) is 54.3 Å². The average molecular weight is 547 g/mol. The van der Waals surface area contributed by atoms with Crippen LogP contribution in [0.3, 0.4) is 0 Å².